The molecule has 0 radical (unpaired) electrons. The molecule has 1 aliphatic rings. The van der Waals surface area contributed by atoms with Crippen LogP contribution in [0, 0.1) is 5.92 Å². The van der Waals surface area contributed by atoms with E-state index < -0.39 is 0 Å². The van der Waals surface area contributed by atoms with Crippen LogP contribution < -0.4 is 20.3 Å². The van der Waals surface area contributed by atoms with E-state index in [2.05, 4.69) is 72.9 Å². The molecule has 6 nitrogen and oxygen atoms in total. The Morgan fingerprint density at radius 1 is 0.941 bits per heavy atom. The van der Waals surface area contributed by atoms with Crippen molar-refractivity contribution in [2.24, 2.45) is 5.92 Å². The second-order valence-electron chi connectivity index (χ2n) is 9.18. The van der Waals surface area contributed by atoms with Crippen molar-refractivity contribution in [3.63, 3.8) is 0 Å². The van der Waals surface area contributed by atoms with Gasteiger partial charge in [0, 0.05) is 37.4 Å². The summed E-state index contributed by atoms with van der Waals surface area (Å²) in [5, 5.41) is 7.17. The van der Waals surface area contributed by atoms with Gasteiger partial charge in [-0.3, -0.25) is 0 Å². The first-order valence-corrected chi connectivity index (χ1v) is 12.8. The average Bonchev–Trinajstić information content (AvgIpc) is 2.86. The van der Waals surface area contributed by atoms with Gasteiger partial charge >= 0.3 is 0 Å². The molecule has 0 aliphatic heterocycles. The number of hydrogen-bond acceptors (Lipinski definition) is 6. The molecule has 180 valence electrons. The monoisotopic (exact) mass is 523 g/mol. The standard InChI is InChI=1S/C27H34BrN5O/c1-33(2)26-15-16-30-27(32-26)31-24-11-5-20(6-12-24)17-29-18-21-7-13-25(14-8-21)34-19-22-3-9-23(28)10-4-22/h3-4,7-10,13-16,20,24,29H,5-6,11-12,17-19H2,1-2H3,(H,30,31,32). The van der Waals surface area contributed by atoms with Gasteiger partial charge in [0.1, 0.15) is 18.2 Å². The molecule has 4 rings (SSSR count). The summed E-state index contributed by atoms with van der Waals surface area (Å²) in [6, 6.07) is 19.0. The minimum Gasteiger partial charge on any atom is -0.489 e. The molecule has 34 heavy (non-hydrogen) atoms. The number of ether oxygens (including phenoxy) is 1. The second-order valence-corrected chi connectivity index (χ2v) is 10.1. The van der Waals surface area contributed by atoms with Crippen LogP contribution in [-0.2, 0) is 13.2 Å². The maximum Gasteiger partial charge on any atom is 0.224 e. The molecule has 3 aromatic rings. The van der Waals surface area contributed by atoms with Crippen molar-refractivity contribution in [1.82, 2.24) is 15.3 Å². The Bertz CT molecular complexity index is 1020. The quantitative estimate of drug-likeness (QED) is 0.358. The Morgan fingerprint density at radius 3 is 2.35 bits per heavy atom. The van der Waals surface area contributed by atoms with Crippen molar-refractivity contribution < 1.29 is 4.74 Å². The third-order valence-electron chi connectivity index (χ3n) is 6.28. The zero-order valence-corrected chi connectivity index (χ0v) is 21.6. The summed E-state index contributed by atoms with van der Waals surface area (Å²) in [5.41, 5.74) is 2.44. The number of anilines is 2. The number of benzene rings is 2. The molecule has 1 fully saturated rings. The average molecular weight is 525 g/mol. The van der Waals surface area contributed by atoms with Crippen molar-refractivity contribution in [2.45, 2.75) is 44.9 Å². The van der Waals surface area contributed by atoms with E-state index in [0.717, 1.165) is 59.4 Å². The van der Waals surface area contributed by atoms with Gasteiger partial charge in [-0.1, -0.05) is 40.2 Å². The van der Waals surface area contributed by atoms with Crippen molar-refractivity contribution in [3.8, 4) is 5.75 Å². The molecule has 1 aliphatic carbocycles. The molecule has 1 saturated carbocycles. The van der Waals surface area contributed by atoms with Crippen LogP contribution >= 0.6 is 15.9 Å². The van der Waals surface area contributed by atoms with Gasteiger partial charge < -0.3 is 20.3 Å². The third-order valence-corrected chi connectivity index (χ3v) is 6.81. The maximum absolute atomic E-state index is 5.90. The Morgan fingerprint density at radius 2 is 1.65 bits per heavy atom. The predicted molar refractivity (Wildman–Crippen MR) is 142 cm³/mol. The zero-order chi connectivity index (χ0) is 23.8. The highest BCUT2D eigenvalue weighted by Gasteiger charge is 2.21. The Hall–Kier alpha value is -2.64. The molecule has 0 amide bonds. The molecule has 7 heteroatoms. The molecule has 2 N–H and O–H groups in total. The lowest BCUT2D eigenvalue weighted by molar-refractivity contribution is 0.306. The van der Waals surface area contributed by atoms with Gasteiger partial charge in [0.05, 0.1) is 0 Å². The van der Waals surface area contributed by atoms with Gasteiger partial charge in [0.2, 0.25) is 5.95 Å². The largest absolute Gasteiger partial charge is 0.489 e. The Kier molecular flexibility index (Phi) is 8.77. The minimum absolute atomic E-state index is 0.457. The highest BCUT2D eigenvalue weighted by molar-refractivity contribution is 9.10. The zero-order valence-electron chi connectivity index (χ0n) is 20.0. The highest BCUT2D eigenvalue weighted by atomic mass is 79.9. The molecule has 0 unspecified atom stereocenters. The number of aromatic nitrogens is 2. The summed E-state index contributed by atoms with van der Waals surface area (Å²) in [6.45, 7) is 2.52. The number of nitrogens with one attached hydrogen (secondary N) is 2. The van der Waals surface area contributed by atoms with Crippen LogP contribution in [0.1, 0.15) is 36.8 Å². The summed E-state index contributed by atoms with van der Waals surface area (Å²) >= 11 is 3.46. The van der Waals surface area contributed by atoms with E-state index in [1.165, 1.54) is 18.4 Å². The van der Waals surface area contributed by atoms with E-state index >= 15 is 0 Å². The second kappa shape index (κ2) is 12.2. The predicted octanol–water partition coefficient (Wildman–Crippen LogP) is 5.64. The molecule has 1 aromatic heterocycles. The van der Waals surface area contributed by atoms with E-state index in [9.17, 15) is 0 Å². The summed E-state index contributed by atoms with van der Waals surface area (Å²) in [5.74, 6) is 3.29. The SMILES string of the molecule is CN(C)c1ccnc(NC2CCC(CNCc3ccc(OCc4ccc(Br)cc4)cc3)CC2)n1. The normalized spacial score (nSPS) is 17.9. The van der Waals surface area contributed by atoms with Gasteiger partial charge in [0.25, 0.3) is 0 Å². The van der Waals surface area contributed by atoms with Crippen LogP contribution in [-0.4, -0.2) is 36.6 Å². The molecule has 0 bridgehead atoms. The molecule has 0 atom stereocenters. The van der Waals surface area contributed by atoms with Crippen LogP contribution in [0.2, 0.25) is 0 Å². The molecule has 0 saturated heterocycles. The van der Waals surface area contributed by atoms with E-state index in [-0.39, 0.29) is 0 Å². The van der Waals surface area contributed by atoms with Crippen molar-refractivity contribution in [3.05, 3.63) is 76.4 Å². The van der Waals surface area contributed by atoms with Crippen LogP contribution in [0.4, 0.5) is 11.8 Å². The van der Waals surface area contributed by atoms with Gasteiger partial charge in [-0.2, -0.15) is 4.98 Å². The Balaban J connectivity index is 1.13. The van der Waals surface area contributed by atoms with Gasteiger partial charge in [-0.25, -0.2) is 4.98 Å². The topological polar surface area (TPSA) is 62.3 Å². The Labute approximate surface area is 211 Å². The summed E-state index contributed by atoms with van der Waals surface area (Å²) in [4.78, 5) is 11.0. The lowest BCUT2D eigenvalue weighted by Gasteiger charge is -2.29. The first-order chi connectivity index (χ1) is 16.5. The van der Waals surface area contributed by atoms with E-state index in [4.69, 9.17) is 4.74 Å². The van der Waals surface area contributed by atoms with Crippen molar-refractivity contribution >= 4 is 27.7 Å². The summed E-state index contributed by atoms with van der Waals surface area (Å²) in [7, 11) is 4.00. The fourth-order valence-electron chi connectivity index (χ4n) is 4.23. The van der Waals surface area contributed by atoms with Gasteiger partial charge in [-0.15, -0.1) is 0 Å². The first kappa shape index (κ1) is 24.5. The number of hydrogen-bond donors (Lipinski definition) is 2. The number of nitrogens with zero attached hydrogens (tertiary/aromatic N) is 3. The summed E-state index contributed by atoms with van der Waals surface area (Å²) in [6.07, 6.45) is 6.59. The van der Waals surface area contributed by atoms with Crippen LogP contribution in [0.5, 0.6) is 5.75 Å². The van der Waals surface area contributed by atoms with Gasteiger partial charge in [0.15, 0.2) is 0 Å². The number of halogens is 1. The van der Waals surface area contributed by atoms with Crippen molar-refractivity contribution in [2.75, 3.05) is 30.9 Å². The molecule has 0 spiro atoms. The fraction of sp³-hybridized carbons (Fsp3) is 0.407. The molecular weight excluding hydrogens is 490 g/mol. The van der Waals surface area contributed by atoms with Crippen LogP contribution in [0.15, 0.2) is 65.3 Å². The molecule has 1 heterocycles. The third kappa shape index (κ3) is 7.43. The number of rotatable bonds is 10. The van der Waals surface area contributed by atoms with Gasteiger partial charge in [-0.05, 0) is 79.6 Å². The maximum atomic E-state index is 5.90. The fourth-order valence-corrected chi connectivity index (χ4v) is 4.50. The first-order valence-electron chi connectivity index (χ1n) is 12.0. The lowest BCUT2D eigenvalue weighted by atomic mass is 9.86. The van der Waals surface area contributed by atoms with Crippen LogP contribution in [0.25, 0.3) is 0 Å². The van der Waals surface area contributed by atoms with E-state index in [1.807, 2.05) is 43.4 Å². The van der Waals surface area contributed by atoms with Crippen LogP contribution in [0.3, 0.4) is 0 Å². The molecular formula is C27H34BrN5O. The minimum atomic E-state index is 0.457. The smallest absolute Gasteiger partial charge is 0.224 e. The van der Waals surface area contributed by atoms with E-state index in [0.29, 0.717) is 12.6 Å². The highest BCUT2D eigenvalue weighted by Crippen LogP contribution is 2.26. The van der Waals surface area contributed by atoms with Crippen molar-refractivity contribution in [1.29, 1.82) is 0 Å². The molecule has 2 aromatic carbocycles. The lowest BCUT2D eigenvalue weighted by Crippen LogP contribution is -2.31. The summed E-state index contributed by atoms with van der Waals surface area (Å²) < 4.78 is 6.99. The van der Waals surface area contributed by atoms with E-state index in [1.54, 1.807) is 0 Å².